The van der Waals surface area contributed by atoms with Gasteiger partial charge in [0.05, 0.1) is 10.6 Å². The van der Waals surface area contributed by atoms with Gasteiger partial charge in [0.25, 0.3) is 5.69 Å². The van der Waals surface area contributed by atoms with Crippen molar-refractivity contribution in [1.82, 2.24) is 0 Å². The van der Waals surface area contributed by atoms with Crippen molar-refractivity contribution in [3.63, 3.8) is 0 Å². The Kier molecular flexibility index (Phi) is 3.42. The molecule has 0 aliphatic carbocycles. The van der Waals surface area contributed by atoms with Crippen LogP contribution in [0.2, 0.25) is 0 Å². The van der Waals surface area contributed by atoms with Crippen LogP contribution in [0.4, 0.5) is 11.4 Å². The Morgan fingerprint density at radius 1 is 1.11 bits per heavy atom. The first-order valence-corrected chi connectivity index (χ1v) is 5.37. The number of benzene rings is 2. The van der Waals surface area contributed by atoms with Gasteiger partial charge in [0.15, 0.2) is 0 Å². The Balaban J connectivity index is 2.22. The number of phenols is 2. The molecule has 2 N–H and O–H groups in total. The molecule has 0 atom stereocenters. The third-order valence-corrected chi connectivity index (χ3v) is 2.42. The summed E-state index contributed by atoms with van der Waals surface area (Å²) in [6.07, 6.45) is 1.37. The highest BCUT2D eigenvalue weighted by atomic mass is 16.6. The maximum atomic E-state index is 10.5. The molecule has 2 rings (SSSR count). The molecule has 2 aromatic rings. The van der Waals surface area contributed by atoms with Crippen LogP contribution in [0.3, 0.4) is 0 Å². The molecule has 0 amide bonds. The molecule has 2 aromatic carbocycles. The van der Waals surface area contributed by atoms with Gasteiger partial charge in [-0.3, -0.25) is 15.1 Å². The lowest BCUT2D eigenvalue weighted by molar-refractivity contribution is -0.384. The van der Waals surface area contributed by atoms with Gasteiger partial charge in [-0.25, -0.2) is 0 Å². The second-order valence-electron chi connectivity index (χ2n) is 3.77. The Morgan fingerprint density at radius 2 is 1.79 bits per heavy atom. The molecule has 0 heterocycles. The third-order valence-electron chi connectivity index (χ3n) is 2.42. The summed E-state index contributed by atoms with van der Waals surface area (Å²) in [6.45, 7) is 0. The Hall–Kier alpha value is -2.89. The van der Waals surface area contributed by atoms with Gasteiger partial charge < -0.3 is 10.2 Å². The largest absolute Gasteiger partial charge is 0.508 e. The first-order chi connectivity index (χ1) is 9.06. The molecule has 0 radical (unpaired) electrons. The van der Waals surface area contributed by atoms with E-state index >= 15 is 0 Å². The minimum atomic E-state index is -0.492. The number of aromatic hydroxyl groups is 2. The molecule has 0 saturated carbocycles. The van der Waals surface area contributed by atoms with Gasteiger partial charge in [-0.05, 0) is 30.3 Å². The third kappa shape index (κ3) is 3.06. The Morgan fingerprint density at radius 3 is 2.42 bits per heavy atom. The van der Waals surface area contributed by atoms with Gasteiger partial charge in [0.2, 0.25) is 0 Å². The molecule has 0 spiro atoms. The number of nitrogens with zero attached hydrogens (tertiary/aromatic N) is 2. The second-order valence-corrected chi connectivity index (χ2v) is 3.77. The SMILES string of the molecule is O=[N+]([O-])c1ccc(N=Cc2cc(O)ccc2O)cc1. The van der Waals surface area contributed by atoms with Crippen molar-refractivity contribution in [1.29, 1.82) is 0 Å². The van der Waals surface area contributed by atoms with Gasteiger partial charge >= 0.3 is 0 Å². The zero-order chi connectivity index (χ0) is 13.8. The van der Waals surface area contributed by atoms with Crippen LogP contribution in [-0.2, 0) is 0 Å². The highest BCUT2D eigenvalue weighted by Gasteiger charge is 2.03. The van der Waals surface area contributed by atoms with Crippen LogP contribution >= 0.6 is 0 Å². The first-order valence-electron chi connectivity index (χ1n) is 5.37. The van der Waals surface area contributed by atoms with Gasteiger partial charge in [-0.1, -0.05) is 0 Å². The molecule has 0 unspecified atom stereocenters. The number of phenolic OH excluding ortho intramolecular Hbond substituents is 2. The van der Waals surface area contributed by atoms with Crippen molar-refractivity contribution in [2.45, 2.75) is 0 Å². The van der Waals surface area contributed by atoms with Crippen molar-refractivity contribution in [2.75, 3.05) is 0 Å². The summed E-state index contributed by atoms with van der Waals surface area (Å²) in [6, 6.07) is 9.75. The zero-order valence-electron chi connectivity index (χ0n) is 9.72. The fourth-order valence-electron chi connectivity index (χ4n) is 1.45. The molecule has 19 heavy (non-hydrogen) atoms. The molecular weight excluding hydrogens is 248 g/mol. The number of hydrogen-bond donors (Lipinski definition) is 2. The smallest absolute Gasteiger partial charge is 0.269 e. The number of aliphatic imine (C=N–C) groups is 1. The van der Waals surface area contributed by atoms with Crippen LogP contribution in [0.15, 0.2) is 47.5 Å². The molecule has 0 fully saturated rings. The molecule has 0 aliphatic heterocycles. The normalized spacial score (nSPS) is 10.7. The van der Waals surface area contributed by atoms with Gasteiger partial charge in [0.1, 0.15) is 11.5 Å². The van der Waals surface area contributed by atoms with Crippen molar-refractivity contribution in [2.24, 2.45) is 4.99 Å². The molecule has 0 bridgehead atoms. The van der Waals surface area contributed by atoms with Crippen LogP contribution in [0.25, 0.3) is 0 Å². The first kappa shape index (κ1) is 12.6. The van der Waals surface area contributed by atoms with E-state index in [0.717, 1.165) is 0 Å². The molecule has 0 aromatic heterocycles. The van der Waals surface area contributed by atoms with Crippen LogP contribution in [0.5, 0.6) is 11.5 Å². The predicted molar refractivity (Wildman–Crippen MR) is 70.1 cm³/mol. The molecular formula is C13H10N2O4. The van der Waals surface area contributed by atoms with Crippen molar-refractivity contribution >= 4 is 17.6 Å². The highest BCUT2D eigenvalue weighted by molar-refractivity contribution is 5.85. The molecule has 0 saturated heterocycles. The zero-order valence-corrected chi connectivity index (χ0v) is 9.72. The van der Waals surface area contributed by atoms with E-state index in [0.29, 0.717) is 11.3 Å². The molecule has 6 nitrogen and oxygen atoms in total. The fraction of sp³-hybridized carbons (Fsp3) is 0. The van der Waals surface area contributed by atoms with E-state index in [9.17, 15) is 20.3 Å². The van der Waals surface area contributed by atoms with E-state index in [-0.39, 0.29) is 17.2 Å². The summed E-state index contributed by atoms with van der Waals surface area (Å²) in [7, 11) is 0. The average Bonchev–Trinajstić information content (AvgIpc) is 2.40. The van der Waals surface area contributed by atoms with Crippen LogP contribution in [0, 0.1) is 10.1 Å². The summed E-state index contributed by atoms with van der Waals surface area (Å²) < 4.78 is 0. The molecule has 0 aliphatic rings. The number of nitro groups is 1. The van der Waals surface area contributed by atoms with E-state index in [2.05, 4.69) is 4.99 Å². The van der Waals surface area contributed by atoms with Crippen molar-refractivity contribution in [3.05, 3.63) is 58.1 Å². The van der Waals surface area contributed by atoms with Crippen molar-refractivity contribution in [3.8, 4) is 11.5 Å². The molecule has 6 heteroatoms. The number of nitro benzene ring substituents is 1. The summed E-state index contributed by atoms with van der Waals surface area (Å²) >= 11 is 0. The van der Waals surface area contributed by atoms with Gasteiger partial charge in [-0.15, -0.1) is 0 Å². The minimum absolute atomic E-state index is 0.0107. The fourth-order valence-corrected chi connectivity index (χ4v) is 1.45. The van der Waals surface area contributed by atoms with E-state index in [1.807, 2.05) is 0 Å². The summed E-state index contributed by atoms with van der Waals surface area (Å²) in [4.78, 5) is 14.0. The number of rotatable bonds is 3. The Labute approximate surface area is 108 Å². The van der Waals surface area contributed by atoms with Crippen LogP contribution in [0.1, 0.15) is 5.56 Å². The lowest BCUT2D eigenvalue weighted by Gasteiger charge is -1.99. The van der Waals surface area contributed by atoms with Crippen LogP contribution < -0.4 is 0 Å². The summed E-state index contributed by atoms with van der Waals surface area (Å²) in [5, 5.41) is 29.3. The van der Waals surface area contributed by atoms with Crippen LogP contribution in [-0.4, -0.2) is 21.4 Å². The monoisotopic (exact) mass is 258 g/mol. The van der Waals surface area contributed by atoms with E-state index in [1.165, 1.54) is 48.7 Å². The average molecular weight is 258 g/mol. The summed E-state index contributed by atoms with van der Waals surface area (Å²) in [5.74, 6) is 0.00594. The topological polar surface area (TPSA) is 96.0 Å². The Bertz CT molecular complexity index is 636. The molecule has 96 valence electrons. The predicted octanol–water partition coefficient (Wildman–Crippen LogP) is 2.76. The summed E-state index contributed by atoms with van der Waals surface area (Å²) in [5.41, 5.74) is 0.853. The highest BCUT2D eigenvalue weighted by Crippen LogP contribution is 2.22. The van der Waals surface area contributed by atoms with Gasteiger partial charge in [-0.2, -0.15) is 0 Å². The minimum Gasteiger partial charge on any atom is -0.508 e. The quantitative estimate of drug-likeness (QED) is 0.383. The lowest BCUT2D eigenvalue weighted by Crippen LogP contribution is -1.86. The standard InChI is InChI=1S/C13H10N2O4/c16-12-5-6-13(17)9(7-12)8-14-10-1-3-11(4-2-10)15(18)19/h1-8,16-17H. The second kappa shape index (κ2) is 5.18. The van der Waals surface area contributed by atoms with Crippen molar-refractivity contribution < 1.29 is 15.1 Å². The van der Waals surface area contributed by atoms with E-state index < -0.39 is 4.92 Å². The maximum absolute atomic E-state index is 10.5. The van der Waals surface area contributed by atoms with E-state index in [4.69, 9.17) is 0 Å². The van der Waals surface area contributed by atoms with E-state index in [1.54, 1.807) is 0 Å². The number of hydrogen-bond acceptors (Lipinski definition) is 5. The van der Waals surface area contributed by atoms with Gasteiger partial charge in [0, 0.05) is 23.9 Å². The maximum Gasteiger partial charge on any atom is 0.269 e. The lowest BCUT2D eigenvalue weighted by atomic mass is 10.2. The number of non-ortho nitro benzene ring substituents is 1.